The van der Waals surface area contributed by atoms with Gasteiger partial charge in [0, 0.05) is 66.0 Å². The number of carbonyl (C=O) groups is 3. The molecule has 0 radical (unpaired) electrons. The molecule has 3 aromatic rings. The Hall–Kier alpha value is -3.94. The minimum absolute atomic E-state index is 0. The van der Waals surface area contributed by atoms with Gasteiger partial charge in [-0.2, -0.15) is 4.58 Å². The van der Waals surface area contributed by atoms with Crippen molar-refractivity contribution in [3.63, 3.8) is 0 Å². The largest absolute Gasteiger partial charge is 1.00 e. The summed E-state index contributed by atoms with van der Waals surface area (Å²) in [6.45, 7) is 14.0. The van der Waals surface area contributed by atoms with Gasteiger partial charge in [0.25, 0.3) is 11.8 Å². The first-order chi connectivity index (χ1) is 31.6. The second-order valence-electron chi connectivity index (χ2n) is 18.3. The number of nitrogens with zero attached hydrogens (tertiary/aromatic N) is 3. The van der Waals surface area contributed by atoms with Crippen molar-refractivity contribution in [2.75, 3.05) is 18.0 Å². The topological polar surface area (TPSA) is 194 Å². The maximum absolute atomic E-state index is 12.5. The zero-order chi connectivity index (χ0) is 48.5. The molecule has 0 spiro atoms. The number of imide groups is 1. The predicted octanol–water partition coefficient (Wildman–Crippen LogP) is 2.61. The van der Waals surface area contributed by atoms with E-state index in [4.69, 9.17) is 9.57 Å². The summed E-state index contributed by atoms with van der Waals surface area (Å²) in [4.78, 5) is 42.8. The summed E-state index contributed by atoms with van der Waals surface area (Å²) in [6, 6.07) is 16.4. The molecule has 3 heterocycles. The number of unbranched alkanes of at least 4 members (excludes halogenated alkanes) is 3. The molecule has 3 aromatic carbocycles. The molecule has 7 rings (SSSR count). The first kappa shape index (κ1) is 56.0. The molecular weight excluding hydrogens is 941 g/mol. The van der Waals surface area contributed by atoms with E-state index in [1.54, 1.807) is 6.07 Å². The average Bonchev–Trinajstić information content (AvgIpc) is 3.78. The molecule has 0 fully saturated rings. The quantitative estimate of drug-likeness (QED) is 0.0633. The van der Waals surface area contributed by atoms with E-state index in [2.05, 4.69) is 67.5 Å². The number of aryl methyl sites for hydroxylation is 1. The van der Waals surface area contributed by atoms with Crippen molar-refractivity contribution < 1.29 is 114 Å². The number of ether oxygens (including phenoxy) is 1. The average molecular weight is 997 g/mol. The maximum Gasteiger partial charge on any atom is 1.00 e. The molecule has 69 heavy (non-hydrogen) atoms. The third-order valence-electron chi connectivity index (χ3n) is 12.9. The number of benzene rings is 3. The molecule has 0 N–H and O–H groups in total. The number of hydrogen-bond acceptors (Lipinski definition) is 12. The molecule has 0 unspecified atom stereocenters. The second kappa shape index (κ2) is 22.6. The number of rotatable bonds is 17. The molecule has 0 saturated carbocycles. The second-order valence-corrected chi connectivity index (χ2v) is 21.1. The molecule has 14 nitrogen and oxygen atoms in total. The van der Waals surface area contributed by atoms with Crippen molar-refractivity contribution in [1.29, 1.82) is 0 Å². The molecular formula is C51H56N3Na2O11S2+. The summed E-state index contributed by atoms with van der Waals surface area (Å²) in [7, 11) is -9.45. The normalized spacial score (nSPS) is 18.6. The summed E-state index contributed by atoms with van der Waals surface area (Å²) in [5.41, 5.74) is 7.71. The monoisotopic (exact) mass is 996 g/mol. The van der Waals surface area contributed by atoms with Crippen LogP contribution in [0.2, 0.25) is 0 Å². The van der Waals surface area contributed by atoms with Gasteiger partial charge in [0.2, 0.25) is 5.69 Å². The van der Waals surface area contributed by atoms with Crippen LogP contribution in [0.25, 0.3) is 0 Å². The van der Waals surface area contributed by atoms with Crippen LogP contribution in [-0.2, 0) is 50.3 Å². The number of allylic oxidation sites excluding steroid dienone is 7. The van der Waals surface area contributed by atoms with E-state index in [9.17, 15) is 40.3 Å². The summed E-state index contributed by atoms with van der Waals surface area (Å²) in [5, 5.41) is 0.430. The number of amides is 2. The molecule has 0 saturated heterocycles. The van der Waals surface area contributed by atoms with Gasteiger partial charge in [-0.05, 0) is 131 Å². The van der Waals surface area contributed by atoms with Crippen LogP contribution in [0.3, 0.4) is 0 Å². The van der Waals surface area contributed by atoms with Gasteiger partial charge in [0.1, 0.15) is 38.3 Å². The van der Waals surface area contributed by atoms with Gasteiger partial charge in [-0.1, -0.05) is 56.0 Å². The van der Waals surface area contributed by atoms with Gasteiger partial charge in [-0.15, -0.1) is 0 Å². The minimum atomic E-state index is -4.76. The van der Waals surface area contributed by atoms with E-state index in [0.717, 1.165) is 66.2 Å². The van der Waals surface area contributed by atoms with E-state index in [1.165, 1.54) is 53.2 Å². The van der Waals surface area contributed by atoms with Crippen LogP contribution in [0.1, 0.15) is 109 Å². The van der Waals surface area contributed by atoms with E-state index in [-0.39, 0.29) is 80.7 Å². The smallest absolute Gasteiger partial charge is 0.744 e. The van der Waals surface area contributed by atoms with Crippen molar-refractivity contribution in [2.45, 2.75) is 120 Å². The van der Waals surface area contributed by atoms with Crippen LogP contribution in [0.4, 0.5) is 11.4 Å². The molecule has 4 aliphatic rings. The van der Waals surface area contributed by atoms with Crippen LogP contribution in [0.15, 0.2) is 130 Å². The van der Waals surface area contributed by atoms with Crippen molar-refractivity contribution in [1.82, 2.24) is 5.06 Å². The van der Waals surface area contributed by atoms with Crippen LogP contribution < -0.4 is 68.8 Å². The molecule has 354 valence electrons. The first-order valence-corrected chi connectivity index (χ1v) is 25.4. The molecule has 0 aromatic heterocycles. The van der Waals surface area contributed by atoms with Crippen molar-refractivity contribution >= 4 is 55.1 Å². The Labute approximate surface area is 449 Å². The Kier molecular flexibility index (Phi) is 18.4. The van der Waals surface area contributed by atoms with Crippen LogP contribution in [0.5, 0.6) is 5.75 Å². The van der Waals surface area contributed by atoms with E-state index >= 15 is 0 Å². The Morgan fingerprint density at radius 2 is 1.45 bits per heavy atom. The van der Waals surface area contributed by atoms with E-state index in [0.29, 0.717) is 60.8 Å². The Bertz CT molecular complexity index is 2920. The zero-order valence-electron chi connectivity index (χ0n) is 40.7. The van der Waals surface area contributed by atoms with Gasteiger partial charge < -0.3 is 23.6 Å². The van der Waals surface area contributed by atoms with Crippen LogP contribution in [-0.4, -0.2) is 72.2 Å². The minimum Gasteiger partial charge on any atom is -0.744 e. The first-order valence-electron chi connectivity index (χ1n) is 22.6. The molecule has 0 atom stereocenters. The summed E-state index contributed by atoms with van der Waals surface area (Å²) in [6.07, 6.45) is 16.0. The Balaban J connectivity index is 0.00000444. The number of hydroxylamine groups is 2. The number of carbonyl (C=O) groups excluding carboxylic acids is 3. The fraction of sp³-hybridized carbons (Fsp3) is 0.373. The van der Waals surface area contributed by atoms with E-state index < -0.39 is 43.4 Å². The number of fused-ring (bicyclic) bond motifs is 2. The third kappa shape index (κ3) is 12.4. The number of anilines is 1. The molecule has 3 aliphatic heterocycles. The van der Waals surface area contributed by atoms with Gasteiger partial charge in [0.05, 0.1) is 15.2 Å². The van der Waals surface area contributed by atoms with E-state index in [1.807, 2.05) is 26.0 Å². The van der Waals surface area contributed by atoms with Gasteiger partial charge in [-0.3, -0.25) is 9.59 Å². The maximum atomic E-state index is 12.5. The van der Waals surface area contributed by atoms with Crippen molar-refractivity contribution in [2.24, 2.45) is 0 Å². The molecule has 0 bridgehead atoms. The number of hydrogen-bond donors (Lipinski definition) is 0. The molecule has 18 heteroatoms. The van der Waals surface area contributed by atoms with Gasteiger partial charge in [0.15, 0.2) is 5.71 Å². The molecule has 2 amide bonds. The SMILES string of the molecule is CCCCN1/C(=C/C=C2\CCCC(/C=C/C3=[N+](CCCCCC(=O)ON4C(=O)C=CC4=O)c4ccc(S(=O)(=O)[O-])cc4C3(C)C)=C2Oc2ccc(S(=O)(=O)[O-])cc2)C(C)(C)c2cc(C)ccc21.[Na+].[Na+]. The third-order valence-corrected chi connectivity index (χ3v) is 14.5. The zero-order valence-corrected chi connectivity index (χ0v) is 46.3. The fourth-order valence-corrected chi connectivity index (χ4v) is 10.2. The standard InChI is InChI=1S/C51H57N3O11S2.2Na/c1-7-8-30-52-42-24-16-34(2)32-40(42)50(3,4)44(52)26-17-35-13-12-14-36(49(35)64-37-19-21-38(22-20-37)66(58,59)60)18-27-45-51(5,6)41-33-39(67(61,62)63)23-25-43(41)53(45)31-11-9-10-15-48(57)65-54-46(55)28-29-47(54)56;;/h16-29,32-33H,7-15,30-31H2,1-6H3,(H-,58,59,60,61,62,63);;/q;2*+1/p-1. The van der Waals surface area contributed by atoms with Crippen molar-refractivity contribution in [3.8, 4) is 5.75 Å². The summed E-state index contributed by atoms with van der Waals surface area (Å²) < 4.78 is 80.9. The Morgan fingerprint density at radius 1 is 0.783 bits per heavy atom. The Morgan fingerprint density at radius 3 is 2.10 bits per heavy atom. The van der Waals surface area contributed by atoms with Gasteiger partial charge in [-0.25, -0.2) is 21.6 Å². The summed E-state index contributed by atoms with van der Waals surface area (Å²) >= 11 is 0. The predicted molar refractivity (Wildman–Crippen MR) is 250 cm³/mol. The molecule has 1 aliphatic carbocycles. The van der Waals surface area contributed by atoms with Crippen LogP contribution >= 0.6 is 0 Å². The fourth-order valence-electron chi connectivity index (χ4n) is 9.24. The summed E-state index contributed by atoms with van der Waals surface area (Å²) in [5.74, 6) is -1.23. The van der Waals surface area contributed by atoms with Crippen LogP contribution in [0, 0.1) is 6.92 Å². The van der Waals surface area contributed by atoms with Crippen molar-refractivity contribution in [3.05, 3.63) is 136 Å². The van der Waals surface area contributed by atoms with Gasteiger partial charge >= 0.3 is 65.1 Å².